The molecule has 0 spiro atoms. The molecular weight excluding hydrogens is 310 g/mol. The highest BCUT2D eigenvalue weighted by Gasteiger charge is 2.52. The summed E-state index contributed by atoms with van der Waals surface area (Å²) in [7, 11) is 1.73. The predicted octanol–water partition coefficient (Wildman–Crippen LogP) is 4.14. The molecule has 0 bridgehead atoms. The molecule has 0 unspecified atom stereocenters. The Morgan fingerprint density at radius 1 is 1.35 bits per heavy atom. The van der Waals surface area contributed by atoms with Crippen molar-refractivity contribution in [3.8, 4) is 5.75 Å². The van der Waals surface area contributed by atoms with Gasteiger partial charge in [0.1, 0.15) is 5.75 Å². The van der Waals surface area contributed by atoms with E-state index in [0.29, 0.717) is 30.7 Å². The van der Waals surface area contributed by atoms with E-state index in [2.05, 4.69) is 25.1 Å². The van der Waals surface area contributed by atoms with Crippen molar-refractivity contribution in [2.45, 2.75) is 44.9 Å². The topological polar surface area (TPSA) is 29.5 Å². The van der Waals surface area contributed by atoms with Gasteiger partial charge >= 0.3 is 0 Å². The summed E-state index contributed by atoms with van der Waals surface area (Å²) in [6, 6.07) is 6.54. The fraction of sp³-hybridized carbons (Fsp3) is 0.632. The molecule has 1 aromatic carbocycles. The van der Waals surface area contributed by atoms with Gasteiger partial charge in [-0.1, -0.05) is 13.0 Å². The molecule has 23 heavy (non-hydrogen) atoms. The minimum absolute atomic E-state index is 0.107. The largest absolute Gasteiger partial charge is 0.497 e. The molecule has 0 N–H and O–H groups in total. The zero-order chi connectivity index (χ0) is 16.2. The summed E-state index contributed by atoms with van der Waals surface area (Å²) in [6.45, 7) is 3.04. The number of carbonyl (C=O) groups excluding carboxylic acids is 1. The van der Waals surface area contributed by atoms with Crippen LogP contribution in [0.3, 0.4) is 0 Å². The van der Waals surface area contributed by atoms with Crippen LogP contribution in [0.15, 0.2) is 18.2 Å². The number of fused-ring (bicyclic) bond motifs is 5. The van der Waals surface area contributed by atoms with E-state index in [0.717, 1.165) is 18.6 Å². The smallest absolute Gasteiger partial charge is 0.237 e. The van der Waals surface area contributed by atoms with Gasteiger partial charge < -0.3 is 4.74 Å². The van der Waals surface area contributed by atoms with Crippen LogP contribution in [0.4, 0.5) is 0 Å². The number of hydrogen-bond acceptors (Lipinski definition) is 2. The molecule has 1 amide bonds. The third-order valence-corrected chi connectivity index (χ3v) is 6.93. The Kier molecular flexibility index (Phi) is 3.60. The molecule has 1 heterocycles. The van der Waals surface area contributed by atoms with Crippen molar-refractivity contribution in [3.63, 3.8) is 0 Å². The number of benzene rings is 1. The summed E-state index contributed by atoms with van der Waals surface area (Å²) in [6.07, 6.45) is 5.25. The van der Waals surface area contributed by atoms with Crippen LogP contribution < -0.4 is 4.74 Å². The van der Waals surface area contributed by atoms with Crippen molar-refractivity contribution in [2.24, 2.45) is 17.3 Å². The maximum absolute atomic E-state index is 12.2. The number of rotatable bonds is 1. The first-order chi connectivity index (χ1) is 11.0. The third-order valence-electron chi connectivity index (χ3n) is 6.62. The van der Waals surface area contributed by atoms with Gasteiger partial charge in [-0.15, -0.1) is 0 Å². The zero-order valence-electron chi connectivity index (χ0n) is 13.8. The van der Waals surface area contributed by atoms with Crippen LogP contribution in [0.2, 0.25) is 0 Å². The molecule has 1 saturated heterocycles. The molecule has 0 radical (unpaired) electrons. The molecule has 1 aliphatic heterocycles. The molecule has 2 aliphatic carbocycles. The van der Waals surface area contributed by atoms with E-state index in [9.17, 15) is 4.79 Å². The quantitative estimate of drug-likeness (QED) is 0.723. The number of halogens is 1. The lowest BCUT2D eigenvalue weighted by molar-refractivity contribution is -0.139. The molecule has 1 saturated carbocycles. The lowest BCUT2D eigenvalue weighted by atomic mass is 9.53. The Bertz CT molecular complexity index is 646. The fourth-order valence-electron chi connectivity index (χ4n) is 5.37. The van der Waals surface area contributed by atoms with Crippen molar-refractivity contribution in [2.75, 3.05) is 13.7 Å². The van der Waals surface area contributed by atoms with Crippen LogP contribution in [0.5, 0.6) is 5.75 Å². The Morgan fingerprint density at radius 3 is 2.96 bits per heavy atom. The number of aryl methyl sites for hydroxylation is 1. The van der Waals surface area contributed by atoms with E-state index in [-0.39, 0.29) is 11.3 Å². The van der Waals surface area contributed by atoms with Crippen LogP contribution in [0.25, 0.3) is 0 Å². The van der Waals surface area contributed by atoms with Crippen LogP contribution >= 0.6 is 11.8 Å². The van der Waals surface area contributed by atoms with Crippen molar-refractivity contribution in [1.82, 2.24) is 4.42 Å². The van der Waals surface area contributed by atoms with E-state index < -0.39 is 0 Å². The number of ether oxygens (including phenoxy) is 1. The van der Waals surface area contributed by atoms with Gasteiger partial charge in [-0.3, -0.25) is 9.21 Å². The zero-order valence-corrected chi connectivity index (χ0v) is 14.6. The molecule has 4 rings (SSSR count). The third kappa shape index (κ3) is 2.36. The van der Waals surface area contributed by atoms with Gasteiger partial charge in [-0.05, 0) is 72.1 Å². The van der Waals surface area contributed by atoms with Gasteiger partial charge in [-0.25, -0.2) is 0 Å². The molecule has 1 aromatic rings. The number of hydrogen-bond donors (Lipinski definition) is 0. The van der Waals surface area contributed by atoms with Crippen LogP contribution in [0.1, 0.15) is 49.7 Å². The van der Waals surface area contributed by atoms with Crippen molar-refractivity contribution < 1.29 is 9.53 Å². The second kappa shape index (κ2) is 5.41. The average Bonchev–Trinajstić information content (AvgIpc) is 2.55. The van der Waals surface area contributed by atoms with Gasteiger partial charge in [0.15, 0.2) is 0 Å². The molecule has 0 aromatic heterocycles. The maximum Gasteiger partial charge on any atom is 0.237 e. The van der Waals surface area contributed by atoms with Gasteiger partial charge in [0, 0.05) is 24.7 Å². The van der Waals surface area contributed by atoms with Crippen molar-refractivity contribution >= 4 is 17.7 Å². The van der Waals surface area contributed by atoms with Gasteiger partial charge in [-0.2, -0.15) is 0 Å². The SMILES string of the molecule is COc1ccc2c(c1)CC[C@@H]1[C@@H]2CC[C@]2(C)CN(Cl)C(=O)C[C@@H]12. The monoisotopic (exact) mass is 333 g/mol. The highest BCUT2D eigenvalue weighted by molar-refractivity contribution is 6.21. The lowest BCUT2D eigenvalue weighted by Crippen LogP contribution is -2.53. The number of carbonyl (C=O) groups is 1. The summed E-state index contributed by atoms with van der Waals surface area (Å²) < 4.78 is 6.81. The van der Waals surface area contributed by atoms with E-state index in [4.69, 9.17) is 16.5 Å². The molecule has 4 atom stereocenters. The summed E-state index contributed by atoms with van der Waals surface area (Å²) in [5.74, 6) is 2.74. The van der Waals surface area contributed by atoms with E-state index >= 15 is 0 Å². The molecule has 3 aliphatic rings. The second-order valence-electron chi connectivity index (χ2n) is 7.79. The first kappa shape index (κ1) is 15.3. The molecule has 2 fully saturated rings. The van der Waals surface area contributed by atoms with Crippen LogP contribution in [-0.2, 0) is 11.2 Å². The summed E-state index contributed by atoms with van der Waals surface area (Å²) in [4.78, 5) is 12.2. The van der Waals surface area contributed by atoms with E-state index in [1.54, 1.807) is 7.11 Å². The standard InChI is InChI=1S/C19H24ClNO2/c1-19-8-7-15-14-6-4-13(23-2)9-12(14)3-5-16(15)17(19)10-18(22)21(20)11-19/h4,6,9,15-17H,3,5,7-8,10-11H2,1-2H3/t15-,16-,17+,19-/m1/s1. The van der Waals surface area contributed by atoms with E-state index in [1.807, 2.05) is 0 Å². The highest BCUT2D eigenvalue weighted by atomic mass is 35.5. The van der Waals surface area contributed by atoms with Crippen molar-refractivity contribution in [3.05, 3.63) is 29.3 Å². The van der Waals surface area contributed by atoms with Gasteiger partial charge in [0.25, 0.3) is 0 Å². The molecule has 4 heteroatoms. The predicted molar refractivity (Wildman–Crippen MR) is 90.6 cm³/mol. The average molecular weight is 334 g/mol. The Morgan fingerprint density at radius 2 is 2.17 bits per heavy atom. The lowest BCUT2D eigenvalue weighted by Gasteiger charge is -2.54. The molecule has 3 nitrogen and oxygen atoms in total. The Balaban J connectivity index is 1.67. The van der Waals surface area contributed by atoms with Gasteiger partial charge in [0.2, 0.25) is 5.91 Å². The minimum Gasteiger partial charge on any atom is -0.497 e. The number of amides is 1. The second-order valence-corrected chi connectivity index (χ2v) is 8.20. The minimum atomic E-state index is 0.107. The first-order valence-electron chi connectivity index (χ1n) is 8.65. The summed E-state index contributed by atoms with van der Waals surface area (Å²) in [5, 5.41) is 0. The first-order valence-corrected chi connectivity index (χ1v) is 8.98. The molecule has 124 valence electrons. The summed E-state index contributed by atoms with van der Waals surface area (Å²) in [5.41, 5.74) is 3.11. The number of methoxy groups -OCH3 is 1. The summed E-state index contributed by atoms with van der Waals surface area (Å²) >= 11 is 6.14. The van der Waals surface area contributed by atoms with Gasteiger partial charge in [0.05, 0.1) is 7.11 Å². The maximum atomic E-state index is 12.2. The van der Waals surface area contributed by atoms with Crippen LogP contribution in [0, 0.1) is 17.3 Å². The number of nitrogens with zero attached hydrogens (tertiary/aromatic N) is 1. The normalized spacial score (nSPS) is 36.0. The van der Waals surface area contributed by atoms with E-state index in [1.165, 1.54) is 28.4 Å². The fourth-order valence-corrected chi connectivity index (χ4v) is 5.71. The van der Waals surface area contributed by atoms with Crippen molar-refractivity contribution in [1.29, 1.82) is 0 Å². The highest BCUT2D eigenvalue weighted by Crippen LogP contribution is 2.57. The number of piperidine rings is 1. The Labute approximate surface area is 143 Å². The molecular formula is C19H24ClNO2. The Hall–Kier alpha value is -1.22. The van der Waals surface area contributed by atoms with Crippen LogP contribution in [-0.4, -0.2) is 24.0 Å².